The van der Waals surface area contributed by atoms with Gasteiger partial charge in [-0.2, -0.15) is 0 Å². The van der Waals surface area contributed by atoms with Crippen LogP contribution in [0.2, 0.25) is 0 Å². The van der Waals surface area contributed by atoms with E-state index in [0.717, 1.165) is 32.1 Å². The highest BCUT2D eigenvalue weighted by Gasteiger charge is 1.98. The predicted molar refractivity (Wildman–Crippen MR) is 65.2 cm³/mol. The first-order valence-corrected chi connectivity index (χ1v) is 6.20. The van der Waals surface area contributed by atoms with Crippen LogP contribution in [-0.4, -0.2) is 45.8 Å². The molecule has 4 N–H and O–H groups in total. The molecule has 0 rings (SSSR count). The molecule has 2 unspecified atom stereocenters. The Labute approximate surface area is 98.9 Å². The van der Waals surface area contributed by atoms with Gasteiger partial charge in [-0.05, 0) is 32.1 Å². The molecule has 2 atom stereocenters. The Morgan fingerprint density at radius 1 is 0.812 bits per heavy atom. The lowest BCUT2D eigenvalue weighted by atomic mass is 10.2. The molecule has 0 saturated heterocycles. The zero-order chi connectivity index (χ0) is 12.8. The van der Waals surface area contributed by atoms with Crippen LogP contribution in [0.4, 0.5) is 0 Å². The van der Waals surface area contributed by atoms with E-state index in [-0.39, 0.29) is 25.4 Å². The molecular formula is C12H28O4. The summed E-state index contributed by atoms with van der Waals surface area (Å²) in [4.78, 5) is 0. The van der Waals surface area contributed by atoms with Gasteiger partial charge in [0.1, 0.15) is 0 Å². The molecule has 0 saturated carbocycles. The van der Waals surface area contributed by atoms with E-state index in [1.165, 1.54) is 0 Å². The molecule has 100 valence electrons. The number of rotatable bonds is 8. The Kier molecular flexibility index (Phi) is 16.9. The van der Waals surface area contributed by atoms with Crippen LogP contribution in [0, 0.1) is 0 Å². The lowest BCUT2D eigenvalue weighted by Crippen LogP contribution is -2.07. The van der Waals surface area contributed by atoms with Gasteiger partial charge in [0.15, 0.2) is 0 Å². The van der Waals surface area contributed by atoms with Crippen molar-refractivity contribution in [3.05, 3.63) is 0 Å². The van der Waals surface area contributed by atoms with Gasteiger partial charge in [0.25, 0.3) is 0 Å². The van der Waals surface area contributed by atoms with Crippen molar-refractivity contribution in [1.82, 2.24) is 0 Å². The molecule has 0 spiro atoms. The van der Waals surface area contributed by atoms with Crippen molar-refractivity contribution >= 4 is 0 Å². The largest absolute Gasteiger partial charge is 0.396 e. The van der Waals surface area contributed by atoms with Crippen LogP contribution in [-0.2, 0) is 0 Å². The smallest absolute Gasteiger partial charge is 0.0562 e. The van der Waals surface area contributed by atoms with Gasteiger partial charge in [-0.3, -0.25) is 0 Å². The van der Waals surface area contributed by atoms with Crippen molar-refractivity contribution in [2.24, 2.45) is 0 Å². The van der Waals surface area contributed by atoms with Gasteiger partial charge >= 0.3 is 0 Å². The second kappa shape index (κ2) is 14.8. The molecule has 0 aliphatic heterocycles. The summed E-state index contributed by atoms with van der Waals surface area (Å²) in [5, 5.41) is 34.4. The number of hydrogen-bond acceptors (Lipinski definition) is 4. The van der Waals surface area contributed by atoms with E-state index in [1.807, 2.05) is 13.8 Å². The fourth-order valence-corrected chi connectivity index (χ4v) is 1.16. The van der Waals surface area contributed by atoms with E-state index < -0.39 is 0 Å². The Balaban J connectivity index is 0. The maximum absolute atomic E-state index is 8.89. The summed E-state index contributed by atoms with van der Waals surface area (Å²) >= 11 is 0. The van der Waals surface area contributed by atoms with Crippen LogP contribution in [0.1, 0.15) is 52.4 Å². The third-order valence-corrected chi connectivity index (χ3v) is 2.25. The summed E-state index contributed by atoms with van der Waals surface area (Å²) in [6.07, 6.45) is 4.06. The third kappa shape index (κ3) is 16.3. The maximum atomic E-state index is 8.89. The Morgan fingerprint density at radius 3 is 1.81 bits per heavy atom. The van der Waals surface area contributed by atoms with Crippen molar-refractivity contribution < 1.29 is 20.4 Å². The number of aliphatic hydroxyl groups is 4. The monoisotopic (exact) mass is 236 g/mol. The van der Waals surface area contributed by atoms with Crippen molar-refractivity contribution in [2.45, 2.75) is 64.6 Å². The third-order valence-electron chi connectivity index (χ3n) is 2.25. The highest BCUT2D eigenvalue weighted by atomic mass is 16.3. The lowest BCUT2D eigenvalue weighted by Gasteiger charge is -2.04. The Bertz CT molecular complexity index is 114. The number of hydrogen-bond donors (Lipinski definition) is 4. The van der Waals surface area contributed by atoms with Gasteiger partial charge in [-0.25, -0.2) is 0 Å². The zero-order valence-corrected chi connectivity index (χ0v) is 10.6. The van der Waals surface area contributed by atoms with Gasteiger partial charge in [-0.1, -0.05) is 20.3 Å². The van der Waals surface area contributed by atoms with Crippen LogP contribution in [0.25, 0.3) is 0 Å². The van der Waals surface area contributed by atoms with Crippen molar-refractivity contribution in [2.75, 3.05) is 13.2 Å². The quantitative estimate of drug-likeness (QED) is 0.508. The molecule has 0 aromatic carbocycles. The second-order valence-corrected chi connectivity index (χ2v) is 3.88. The van der Waals surface area contributed by atoms with E-state index in [0.29, 0.717) is 6.42 Å². The highest BCUT2D eigenvalue weighted by Crippen LogP contribution is 1.99. The summed E-state index contributed by atoms with van der Waals surface area (Å²) in [6.45, 7) is 4.24. The molecule has 0 radical (unpaired) electrons. The SMILES string of the molecule is CCC(O)CCCO.CCCC(O)CCO. The Hall–Kier alpha value is -0.160. The first-order valence-electron chi connectivity index (χ1n) is 6.20. The van der Waals surface area contributed by atoms with E-state index in [4.69, 9.17) is 20.4 Å². The van der Waals surface area contributed by atoms with Crippen LogP contribution in [0.15, 0.2) is 0 Å². The van der Waals surface area contributed by atoms with Gasteiger partial charge in [0.2, 0.25) is 0 Å². The molecule has 0 aromatic rings. The van der Waals surface area contributed by atoms with Gasteiger partial charge in [-0.15, -0.1) is 0 Å². The molecule has 4 nitrogen and oxygen atoms in total. The van der Waals surface area contributed by atoms with Gasteiger partial charge in [0.05, 0.1) is 12.2 Å². The summed E-state index contributed by atoms with van der Waals surface area (Å²) in [6, 6.07) is 0. The topological polar surface area (TPSA) is 80.9 Å². The molecular weight excluding hydrogens is 208 g/mol. The average molecular weight is 236 g/mol. The predicted octanol–water partition coefficient (Wildman–Crippen LogP) is 1.06. The first kappa shape index (κ1) is 18.2. The average Bonchev–Trinajstić information content (AvgIpc) is 2.27. The van der Waals surface area contributed by atoms with Crippen LogP contribution in [0.3, 0.4) is 0 Å². The minimum Gasteiger partial charge on any atom is -0.396 e. The summed E-state index contributed by atoms with van der Waals surface area (Å²) < 4.78 is 0. The highest BCUT2D eigenvalue weighted by molar-refractivity contribution is 4.51. The van der Waals surface area contributed by atoms with E-state index in [1.54, 1.807) is 0 Å². The van der Waals surface area contributed by atoms with Crippen molar-refractivity contribution in [3.8, 4) is 0 Å². The molecule has 0 bridgehead atoms. The van der Waals surface area contributed by atoms with Gasteiger partial charge in [0, 0.05) is 13.2 Å². The molecule has 4 heteroatoms. The molecule has 0 aliphatic carbocycles. The molecule has 0 heterocycles. The molecule has 16 heavy (non-hydrogen) atoms. The molecule has 0 amide bonds. The minimum absolute atomic E-state index is 0.0984. The maximum Gasteiger partial charge on any atom is 0.0562 e. The lowest BCUT2D eigenvalue weighted by molar-refractivity contribution is 0.124. The summed E-state index contributed by atoms with van der Waals surface area (Å²) in [5.41, 5.74) is 0. The van der Waals surface area contributed by atoms with E-state index >= 15 is 0 Å². The van der Waals surface area contributed by atoms with Crippen molar-refractivity contribution in [1.29, 1.82) is 0 Å². The fourth-order valence-electron chi connectivity index (χ4n) is 1.16. The van der Waals surface area contributed by atoms with E-state index in [2.05, 4.69) is 0 Å². The van der Waals surface area contributed by atoms with Gasteiger partial charge < -0.3 is 20.4 Å². The minimum atomic E-state index is -0.287. The second-order valence-electron chi connectivity index (χ2n) is 3.88. The first-order chi connectivity index (χ1) is 7.62. The number of aliphatic hydroxyl groups excluding tert-OH is 4. The van der Waals surface area contributed by atoms with E-state index in [9.17, 15) is 0 Å². The molecule has 0 aliphatic rings. The molecule has 0 fully saturated rings. The normalized spacial score (nSPS) is 13.9. The fraction of sp³-hybridized carbons (Fsp3) is 1.00. The Morgan fingerprint density at radius 2 is 1.44 bits per heavy atom. The zero-order valence-electron chi connectivity index (χ0n) is 10.6. The summed E-state index contributed by atoms with van der Waals surface area (Å²) in [7, 11) is 0. The molecule has 0 aromatic heterocycles. The van der Waals surface area contributed by atoms with Crippen molar-refractivity contribution in [3.63, 3.8) is 0 Å². The van der Waals surface area contributed by atoms with Crippen LogP contribution < -0.4 is 0 Å². The van der Waals surface area contributed by atoms with Crippen LogP contribution in [0.5, 0.6) is 0 Å². The standard InChI is InChI=1S/2C6H14O2/c1-2-6(8)4-3-5-7;1-2-3-6(8)4-5-7/h2*6-8H,2-5H2,1H3. The van der Waals surface area contributed by atoms with Crippen LogP contribution >= 0.6 is 0 Å². The summed E-state index contributed by atoms with van der Waals surface area (Å²) in [5.74, 6) is 0.